The molecular formula is C27H20ClN5. The predicted octanol–water partition coefficient (Wildman–Crippen LogP) is 6.15. The molecule has 6 heteroatoms. The van der Waals surface area contributed by atoms with Gasteiger partial charge in [-0.05, 0) is 41.5 Å². The normalized spacial score (nSPS) is 12.8. The molecule has 0 atom stereocenters. The third-order valence-corrected chi connectivity index (χ3v) is 6.23. The van der Waals surface area contributed by atoms with Crippen LogP contribution in [0.25, 0.3) is 16.5 Å². The fourth-order valence-corrected chi connectivity index (χ4v) is 4.53. The summed E-state index contributed by atoms with van der Waals surface area (Å²) in [6.07, 6.45) is 0. The molecule has 0 N–H and O–H groups in total. The number of benzene rings is 4. The average Bonchev–Trinajstić information content (AvgIpc) is 3.17. The summed E-state index contributed by atoms with van der Waals surface area (Å²) in [6.45, 7) is 2.53. The summed E-state index contributed by atoms with van der Waals surface area (Å²) in [5.41, 5.74) is 5.05. The van der Waals surface area contributed by atoms with E-state index >= 15 is 0 Å². The van der Waals surface area contributed by atoms with Crippen molar-refractivity contribution in [3.8, 4) is 5.69 Å². The number of anilines is 1. The lowest BCUT2D eigenvalue weighted by Crippen LogP contribution is -2.20. The Hall–Kier alpha value is -3.96. The first-order chi connectivity index (χ1) is 16.2. The molecule has 0 fully saturated rings. The summed E-state index contributed by atoms with van der Waals surface area (Å²) in [5.74, 6) is 1.50. The number of halogens is 1. The van der Waals surface area contributed by atoms with Crippen LogP contribution in [0.5, 0.6) is 0 Å². The van der Waals surface area contributed by atoms with E-state index in [-0.39, 0.29) is 0 Å². The smallest absolute Gasteiger partial charge is 0.252 e. The number of fused-ring (bicyclic) bond motifs is 4. The van der Waals surface area contributed by atoms with Crippen LogP contribution in [-0.4, -0.2) is 20.5 Å². The predicted molar refractivity (Wildman–Crippen MR) is 133 cm³/mol. The molecule has 0 radical (unpaired) electrons. The highest BCUT2D eigenvalue weighted by atomic mass is 35.5. The highest BCUT2D eigenvalue weighted by Crippen LogP contribution is 2.31. The van der Waals surface area contributed by atoms with Crippen molar-refractivity contribution in [2.75, 3.05) is 5.01 Å². The minimum atomic E-state index is 0.560. The second kappa shape index (κ2) is 7.87. The maximum Gasteiger partial charge on any atom is 0.252 e. The monoisotopic (exact) mass is 449 g/mol. The van der Waals surface area contributed by atoms with Gasteiger partial charge < -0.3 is 0 Å². The van der Waals surface area contributed by atoms with Crippen LogP contribution in [0.15, 0.2) is 96.1 Å². The Morgan fingerprint density at radius 2 is 1.55 bits per heavy atom. The van der Waals surface area contributed by atoms with E-state index in [1.165, 1.54) is 16.3 Å². The number of rotatable bonds is 3. The lowest BCUT2D eigenvalue weighted by molar-refractivity contribution is 0.800. The number of aryl methyl sites for hydroxylation is 1. The van der Waals surface area contributed by atoms with Gasteiger partial charge in [0.15, 0.2) is 0 Å². The second-order valence-electron chi connectivity index (χ2n) is 8.05. The van der Waals surface area contributed by atoms with E-state index in [1.807, 2.05) is 48.3 Å². The molecule has 0 saturated heterocycles. The molecule has 6 rings (SSSR count). The number of hydrazone groups is 1. The number of para-hydroxylation sites is 1. The van der Waals surface area contributed by atoms with Gasteiger partial charge in [-0.1, -0.05) is 84.4 Å². The van der Waals surface area contributed by atoms with Crippen LogP contribution >= 0.6 is 11.6 Å². The molecule has 0 amide bonds. The SMILES string of the molecule is Cc1nnc2n1-c1ccccc1C(c1ccc(Cl)cc1)=NN2Cc1cccc2ccccc12. The number of hydrogen-bond acceptors (Lipinski definition) is 4. The summed E-state index contributed by atoms with van der Waals surface area (Å²) in [5, 5.41) is 19.1. The van der Waals surface area contributed by atoms with Gasteiger partial charge >= 0.3 is 0 Å². The zero-order valence-electron chi connectivity index (χ0n) is 18.0. The Morgan fingerprint density at radius 3 is 2.42 bits per heavy atom. The van der Waals surface area contributed by atoms with Gasteiger partial charge in [0.1, 0.15) is 11.5 Å². The standard InChI is InChI=1S/C27H20ClN5/c1-18-29-30-27-32(17-21-9-6-8-19-7-2-3-10-23(19)21)31-26(20-13-15-22(28)16-14-20)24-11-4-5-12-25(24)33(18)27/h2-16H,17H2,1H3. The lowest BCUT2D eigenvalue weighted by Gasteiger charge is -2.19. The van der Waals surface area contributed by atoms with Crippen molar-refractivity contribution >= 4 is 34.0 Å². The lowest BCUT2D eigenvalue weighted by atomic mass is 10.0. The molecule has 1 aliphatic rings. The summed E-state index contributed by atoms with van der Waals surface area (Å²) in [7, 11) is 0. The van der Waals surface area contributed by atoms with Crippen LogP contribution in [-0.2, 0) is 6.54 Å². The van der Waals surface area contributed by atoms with Gasteiger partial charge in [0.2, 0.25) is 0 Å². The first-order valence-electron chi connectivity index (χ1n) is 10.8. The van der Waals surface area contributed by atoms with E-state index in [1.54, 1.807) is 0 Å². The maximum absolute atomic E-state index is 6.18. The summed E-state index contributed by atoms with van der Waals surface area (Å²) in [6, 6.07) is 30.8. The Bertz CT molecular complexity index is 1510. The zero-order valence-corrected chi connectivity index (χ0v) is 18.7. The van der Waals surface area contributed by atoms with Crippen molar-refractivity contribution in [3.05, 3.63) is 119 Å². The first kappa shape index (κ1) is 19.7. The molecule has 5 nitrogen and oxygen atoms in total. The Labute approximate surface area is 196 Å². The average molecular weight is 450 g/mol. The van der Waals surface area contributed by atoms with Crippen LogP contribution in [0.2, 0.25) is 5.02 Å². The van der Waals surface area contributed by atoms with Crippen molar-refractivity contribution in [1.29, 1.82) is 0 Å². The second-order valence-corrected chi connectivity index (χ2v) is 8.49. The van der Waals surface area contributed by atoms with E-state index in [0.717, 1.165) is 28.4 Å². The summed E-state index contributed by atoms with van der Waals surface area (Å²) >= 11 is 6.18. The molecule has 1 aliphatic heterocycles. The van der Waals surface area contributed by atoms with Crippen molar-refractivity contribution < 1.29 is 0 Å². The number of nitrogens with zero attached hydrogens (tertiary/aromatic N) is 5. The van der Waals surface area contributed by atoms with Crippen LogP contribution < -0.4 is 5.01 Å². The summed E-state index contributed by atoms with van der Waals surface area (Å²) < 4.78 is 2.08. The van der Waals surface area contributed by atoms with Crippen LogP contribution in [0.4, 0.5) is 5.95 Å². The number of hydrogen-bond donors (Lipinski definition) is 0. The van der Waals surface area contributed by atoms with Crippen molar-refractivity contribution in [3.63, 3.8) is 0 Å². The first-order valence-corrected chi connectivity index (χ1v) is 11.2. The van der Waals surface area contributed by atoms with Gasteiger partial charge in [0, 0.05) is 16.1 Å². The van der Waals surface area contributed by atoms with E-state index in [2.05, 4.69) is 69.4 Å². The highest BCUT2D eigenvalue weighted by Gasteiger charge is 2.26. The van der Waals surface area contributed by atoms with Gasteiger partial charge in [0.25, 0.3) is 5.95 Å². The minimum Gasteiger partial charge on any atom is -0.263 e. The fourth-order valence-electron chi connectivity index (χ4n) is 4.41. The third-order valence-electron chi connectivity index (χ3n) is 5.98. The maximum atomic E-state index is 6.18. The topological polar surface area (TPSA) is 46.3 Å². The zero-order chi connectivity index (χ0) is 22.4. The molecule has 5 aromatic rings. The molecule has 4 aromatic carbocycles. The van der Waals surface area contributed by atoms with Gasteiger partial charge in [-0.25, -0.2) is 5.01 Å². The molecule has 33 heavy (non-hydrogen) atoms. The molecule has 0 aliphatic carbocycles. The van der Waals surface area contributed by atoms with E-state index < -0.39 is 0 Å². The van der Waals surface area contributed by atoms with Gasteiger partial charge in [0.05, 0.1) is 12.2 Å². The largest absolute Gasteiger partial charge is 0.263 e. The Kier molecular flexibility index (Phi) is 4.70. The molecule has 0 spiro atoms. The Morgan fingerprint density at radius 1 is 0.788 bits per heavy atom. The van der Waals surface area contributed by atoms with Crippen LogP contribution in [0, 0.1) is 6.92 Å². The molecule has 0 bridgehead atoms. The third kappa shape index (κ3) is 3.38. The van der Waals surface area contributed by atoms with Gasteiger partial charge in [-0.2, -0.15) is 5.10 Å². The van der Waals surface area contributed by atoms with Gasteiger partial charge in [-0.3, -0.25) is 4.57 Å². The van der Waals surface area contributed by atoms with Crippen LogP contribution in [0.3, 0.4) is 0 Å². The van der Waals surface area contributed by atoms with Gasteiger partial charge in [-0.15, -0.1) is 10.2 Å². The number of aromatic nitrogens is 3. The molecule has 2 heterocycles. The summed E-state index contributed by atoms with van der Waals surface area (Å²) in [4.78, 5) is 0. The van der Waals surface area contributed by atoms with Crippen molar-refractivity contribution in [1.82, 2.24) is 14.8 Å². The van der Waals surface area contributed by atoms with Crippen LogP contribution in [0.1, 0.15) is 22.5 Å². The Balaban J connectivity index is 1.58. The van der Waals surface area contributed by atoms with Crippen molar-refractivity contribution in [2.24, 2.45) is 5.10 Å². The fraction of sp³-hybridized carbons (Fsp3) is 0.0741. The van der Waals surface area contributed by atoms with Crippen molar-refractivity contribution in [2.45, 2.75) is 13.5 Å². The minimum absolute atomic E-state index is 0.560. The molecule has 1 aromatic heterocycles. The van der Waals surface area contributed by atoms with E-state index in [4.69, 9.17) is 16.7 Å². The van der Waals surface area contributed by atoms with E-state index in [9.17, 15) is 0 Å². The molecule has 160 valence electrons. The molecule has 0 unspecified atom stereocenters. The highest BCUT2D eigenvalue weighted by molar-refractivity contribution is 6.30. The molecular weight excluding hydrogens is 430 g/mol. The quantitative estimate of drug-likeness (QED) is 0.331. The van der Waals surface area contributed by atoms with E-state index in [0.29, 0.717) is 17.5 Å². The molecule has 0 saturated carbocycles.